The van der Waals surface area contributed by atoms with Gasteiger partial charge in [0, 0.05) is 74.6 Å². The van der Waals surface area contributed by atoms with Crippen LogP contribution in [0.5, 0.6) is 23.0 Å². The lowest BCUT2D eigenvalue weighted by Gasteiger charge is -2.38. The van der Waals surface area contributed by atoms with Crippen molar-refractivity contribution in [3.05, 3.63) is 254 Å². The van der Waals surface area contributed by atoms with E-state index in [0.717, 1.165) is 112 Å². The Hall–Kier alpha value is -9.00. The van der Waals surface area contributed by atoms with Crippen LogP contribution in [-0.4, -0.2) is 6.71 Å². The highest BCUT2D eigenvalue weighted by molar-refractivity contribution is 7.01. The van der Waals surface area contributed by atoms with Crippen LogP contribution >= 0.6 is 0 Å². The highest BCUT2D eigenvalue weighted by Gasteiger charge is 2.44. The number of hydrogen-bond acceptors (Lipinski definition) is 5. The normalized spacial score (nSPS) is 12.1. The first-order chi connectivity index (χ1) is 34.6. The lowest BCUT2D eigenvalue weighted by Crippen LogP contribution is -2.58. The van der Waals surface area contributed by atoms with Crippen LogP contribution in [0.25, 0.3) is 21.5 Å². The second kappa shape index (κ2) is 17.0. The first-order valence-corrected chi connectivity index (χ1v) is 23.9. The molecule has 2 aliphatic rings. The van der Waals surface area contributed by atoms with Gasteiger partial charge in [-0.3, -0.25) is 0 Å². The Kier molecular flexibility index (Phi) is 9.98. The Morgan fingerprint density at radius 3 is 0.986 bits per heavy atom. The maximum Gasteiger partial charge on any atom is 0.262 e. The van der Waals surface area contributed by atoms with Crippen LogP contribution in [0.15, 0.2) is 243 Å². The summed E-state index contributed by atoms with van der Waals surface area (Å²) in [6.07, 6.45) is 0. The van der Waals surface area contributed by atoms with E-state index in [1.807, 2.05) is 0 Å². The number of hydrogen-bond donors (Lipinski definition) is 0. The molecule has 0 unspecified atom stereocenters. The van der Waals surface area contributed by atoms with Gasteiger partial charge in [0.1, 0.15) is 23.0 Å². The molecule has 332 valence electrons. The molecule has 0 atom stereocenters. The molecule has 70 heavy (non-hydrogen) atoms. The number of anilines is 9. The average Bonchev–Trinajstić information content (AvgIpc) is 3.40. The van der Waals surface area contributed by atoms with Crippen LogP contribution in [0.4, 0.5) is 51.2 Å². The molecule has 0 aliphatic carbocycles. The Morgan fingerprint density at radius 1 is 0.271 bits per heavy atom. The fraction of sp³-hybridized carbons (Fsp3) is 0.0312. The monoisotopic (exact) mass is 899 g/mol. The summed E-state index contributed by atoms with van der Waals surface area (Å²) in [7, 11) is 0. The summed E-state index contributed by atoms with van der Waals surface area (Å²) in [6.45, 7) is 4.05. The zero-order valence-electron chi connectivity index (χ0n) is 38.8. The smallest absolute Gasteiger partial charge is 0.262 e. The molecule has 0 spiro atoms. The largest absolute Gasteiger partial charge is 0.458 e. The number of benzene rings is 11. The maximum atomic E-state index is 7.46. The molecule has 6 heteroatoms. The fourth-order valence-electron chi connectivity index (χ4n) is 10.8. The molecule has 2 heterocycles. The van der Waals surface area contributed by atoms with Gasteiger partial charge in [0.05, 0.1) is 17.1 Å². The number of ether oxygens (including phenoxy) is 2. The van der Waals surface area contributed by atoms with Crippen molar-refractivity contribution in [3.8, 4) is 23.0 Å². The highest BCUT2D eigenvalue weighted by Crippen LogP contribution is 2.49. The molecule has 11 aromatic rings. The topological polar surface area (TPSA) is 28.2 Å². The molecule has 0 radical (unpaired) electrons. The van der Waals surface area contributed by atoms with Gasteiger partial charge in [-0.15, -0.1) is 0 Å². The molecule has 0 saturated heterocycles. The van der Waals surface area contributed by atoms with E-state index in [-0.39, 0.29) is 6.71 Å². The summed E-state index contributed by atoms with van der Waals surface area (Å²) in [6, 6.07) is 86.5. The third-order valence-corrected chi connectivity index (χ3v) is 13.8. The summed E-state index contributed by atoms with van der Waals surface area (Å²) in [4.78, 5) is 7.02. The minimum Gasteiger partial charge on any atom is -0.458 e. The summed E-state index contributed by atoms with van der Waals surface area (Å²) in [5.74, 6) is 3.13. The third-order valence-electron chi connectivity index (χ3n) is 13.8. The lowest BCUT2D eigenvalue weighted by atomic mass is 9.33. The molecule has 0 bridgehead atoms. The standard InChI is InChI=1S/C64H46BN3O2/c1-43-21-19-31-49(37-43)67(47-27-11-5-12-28-47)56-41-60-62(54-35-17-15-33-52(54)56)65-63-55-36-18-16-34-53(55)57(68(48-29-13-6-14-30-48)50-32-20-22-44(2)38-50)42-61(63)70-59-40-51(39-58(69-60)64(59)65)66(45-23-7-3-8-24-45)46-25-9-4-10-26-46/h3-42H,1-2H3. The van der Waals surface area contributed by atoms with E-state index in [9.17, 15) is 0 Å². The number of aryl methyl sites for hydroxylation is 2. The lowest BCUT2D eigenvalue weighted by molar-refractivity contribution is 0.465. The van der Waals surface area contributed by atoms with Crippen molar-refractivity contribution in [1.82, 2.24) is 0 Å². The van der Waals surface area contributed by atoms with E-state index in [0.29, 0.717) is 0 Å². The zero-order valence-corrected chi connectivity index (χ0v) is 38.8. The van der Waals surface area contributed by atoms with E-state index < -0.39 is 0 Å². The van der Waals surface area contributed by atoms with Crippen molar-refractivity contribution >= 4 is 95.8 Å². The van der Waals surface area contributed by atoms with Gasteiger partial charge in [-0.25, -0.2) is 0 Å². The van der Waals surface area contributed by atoms with Crippen LogP contribution in [0, 0.1) is 13.8 Å². The predicted molar refractivity (Wildman–Crippen MR) is 293 cm³/mol. The maximum absolute atomic E-state index is 7.46. The molecule has 2 aliphatic heterocycles. The van der Waals surface area contributed by atoms with E-state index in [2.05, 4.69) is 271 Å². The number of fused-ring (bicyclic) bond motifs is 8. The predicted octanol–water partition coefficient (Wildman–Crippen LogP) is 15.7. The number of rotatable bonds is 9. The number of nitrogens with zero attached hydrogens (tertiary/aromatic N) is 3. The minimum absolute atomic E-state index is 0.250. The van der Waals surface area contributed by atoms with Crippen molar-refractivity contribution in [1.29, 1.82) is 0 Å². The van der Waals surface area contributed by atoms with Crippen LogP contribution in [0.1, 0.15) is 11.1 Å². The van der Waals surface area contributed by atoms with E-state index in [4.69, 9.17) is 9.47 Å². The highest BCUT2D eigenvalue weighted by atomic mass is 16.5. The second-order valence-electron chi connectivity index (χ2n) is 18.2. The average molecular weight is 900 g/mol. The molecule has 0 aromatic heterocycles. The van der Waals surface area contributed by atoms with Gasteiger partial charge in [0.2, 0.25) is 0 Å². The Morgan fingerprint density at radius 2 is 0.600 bits per heavy atom. The number of para-hydroxylation sites is 4. The molecular weight excluding hydrogens is 854 g/mol. The van der Waals surface area contributed by atoms with Gasteiger partial charge in [-0.05, 0) is 119 Å². The quantitative estimate of drug-likeness (QED) is 0.135. The van der Waals surface area contributed by atoms with Gasteiger partial charge in [-0.1, -0.05) is 146 Å². The van der Waals surface area contributed by atoms with Gasteiger partial charge < -0.3 is 24.2 Å². The van der Waals surface area contributed by atoms with Crippen LogP contribution in [0.2, 0.25) is 0 Å². The van der Waals surface area contributed by atoms with Crippen molar-refractivity contribution < 1.29 is 9.47 Å². The molecular formula is C64H46BN3O2. The minimum atomic E-state index is -0.250. The molecule has 13 rings (SSSR count). The molecule has 0 amide bonds. The molecule has 0 fully saturated rings. The van der Waals surface area contributed by atoms with Crippen LogP contribution < -0.4 is 40.6 Å². The van der Waals surface area contributed by atoms with Gasteiger partial charge in [-0.2, -0.15) is 0 Å². The molecule has 0 N–H and O–H groups in total. The van der Waals surface area contributed by atoms with Crippen molar-refractivity contribution in [2.75, 3.05) is 14.7 Å². The first kappa shape index (κ1) is 41.2. The Labute approximate surface area is 408 Å². The van der Waals surface area contributed by atoms with Crippen LogP contribution in [-0.2, 0) is 0 Å². The summed E-state index contributed by atoms with van der Waals surface area (Å²) < 4.78 is 14.9. The van der Waals surface area contributed by atoms with E-state index in [1.54, 1.807) is 0 Å². The third kappa shape index (κ3) is 6.95. The van der Waals surface area contributed by atoms with Gasteiger partial charge in [0.25, 0.3) is 6.71 Å². The molecule has 11 aromatic carbocycles. The Bertz CT molecular complexity index is 3530. The fourth-order valence-corrected chi connectivity index (χ4v) is 10.8. The zero-order chi connectivity index (χ0) is 46.7. The second-order valence-corrected chi connectivity index (χ2v) is 18.2. The summed E-state index contributed by atoms with van der Waals surface area (Å²) in [5, 5.41) is 4.49. The van der Waals surface area contributed by atoms with E-state index in [1.165, 1.54) is 11.1 Å². The SMILES string of the molecule is Cc1cccc(N(c2ccccc2)c2cc3c(c4ccccc24)B2c4c(cc(N(c5ccccc5)c5ccccc5)cc4Oc4cc(N(c5ccccc5)c5cccc(C)c5)c5ccccc5c42)O3)c1. The Balaban J connectivity index is 1.11. The van der Waals surface area contributed by atoms with Crippen molar-refractivity contribution in [2.24, 2.45) is 0 Å². The molecule has 5 nitrogen and oxygen atoms in total. The molecule has 0 saturated carbocycles. The van der Waals surface area contributed by atoms with Crippen LogP contribution in [0.3, 0.4) is 0 Å². The van der Waals surface area contributed by atoms with Crippen molar-refractivity contribution in [3.63, 3.8) is 0 Å². The summed E-state index contributed by atoms with van der Waals surface area (Å²) >= 11 is 0. The van der Waals surface area contributed by atoms with E-state index >= 15 is 0 Å². The van der Waals surface area contributed by atoms with Crippen molar-refractivity contribution in [2.45, 2.75) is 13.8 Å². The van der Waals surface area contributed by atoms with Gasteiger partial charge in [0.15, 0.2) is 0 Å². The van der Waals surface area contributed by atoms with Gasteiger partial charge >= 0.3 is 0 Å². The summed E-state index contributed by atoms with van der Waals surface area (Å²) in [5.41, 5.74) is 14.9. The first-order valence-electron chi connectivity index (χ1n) is 23.9.